The molecule has 0 rings (SSSR count). The normalized spacial score (nSPS) is 17.4. The average molecular weight is 436 g/mol. The zero-order valence-electron chi connectivity index (χ0n) is 22.9. The Balaban J connectivity index is 4.33. The predicted molar refractivity (Wildman–Crippen MR) is 143 cm³/mol. The third-order valence-corrected chi connectivity index (χ3v) is 7.22. The van der Waals surface area contributed by atoms with Crippen LogP contribution in [0.15, 0.2) is 9.98 Å². The first kappa shape index (κ1) is 30.3. The molecule has 184 valence electrons. The second-order valence-electron chi connectivity index (χ2n) is 10.1. The molecule has 0 amide bonds. The summed E-state index contributed by atoms with van der Waals surface area (Å²) in [5.74, 6) is 2.48. The van der Waals surface area contributed by atoms with Gasteiger partial charge in [0.1, 0.15) is 0 Å². The van der Waals surface area contributed by atoms with Crippen LogP contribution in [0.2, 0.25) is 0 Å². The van der Waals surface area contributed by atoms with Crippen molar-refractivity contribution in [1.29, 1.82) is 0 Å². The van der Waals surface area contributed by atoms with E-state index in [1.54, 1.807) is 0 Å². The molecule has 0 saturated heterocycles. The van der Waals surface area contributed by atoms with Crippen LogP contribution in [-0.2, 0) is 0 Å². The lowest BCUT2D eigenvalue weighted by molar-refractivity contribution is 0.417. The highest BCUT2D eigenvalue weighted by atomic mass is 14.9. The maximum absolute atomic E-state index is 5.01. The Labute approximate surface area is 196 Å². The number of hydrogen-bond acceptors (Lipinski definition) is 3. The molecule has 31 heavy (non-hydrogen) atoms. The third-order valence-electron chi connectivity index (χ3n) is 7.22. The van der Waals surface area contributed by atoms with Crippen LogP contribution in [0.1, 0.15) is 121 Å². The molecule has 3 heteroatoms. The standard InChI is InChI=1S/C28H57N3/c1-11-21(5)27(22(6)12-2)29-19-15-17-25(9)31-26(10)18-16-20-30-28(23(7)13-3)24(8)14-4/h21-26,31H,11-20H2,1-10H3. The highest BCUT2D eigenvalue weighted by molar-refractivity contribution is 5.88. The van der Waals surface area contributed by atoms with E-state index in [0.29, 0.717) is 35.8 Å². The van der Waals surface area contributed by atoms with Gasteiger partial charge in [-0.2, -0.15) is 0 Å². The molecule has 0 aliphatic carbocycles. The average Bonchev–Trinajstić information content (AvgIpc) is 2.76. The van der Waals surface area contributed by atoms with Crippen molar-refractivity contribution in [2.75, 3.05) is 13.1 Å². The summed E-state index contributed by atoms with van der Waals surface area (Å²) >= 11 is 0. The largest absolute Gasteiger partial charge is 0.312 e. The van der Waals surface area contributed by atoms with Crippen LogP contribution in [0.4, 0.5) is 0 Å². The summed E-state index contributed by atoms with van der Waals surface area (Å²) in [6, 6.07) is 1.11. The number of nitrogens with one attached hydrogen (secondary N) is 1. The van der Waals surface area contributed by atoms with Gasteiger partial charge in [-0.15, -0.1) is 0 Å². The van der Waals surface area contributed by atoms with Gasteiger partial charge in [-0.05, 0) is 88.9 Å². The lowest BCUT2D eigenvalue weighted by Crippen LogP contribution is -2.34. The van der Waals surface area contributed by atoms with Crippen LogP contribution in [0.3, 0.4) is 0 Å². The summed E-state index contributed by atoms with van der Waals surface area (Å²) in [6.07, 6.45) is 9.53. The molecule has 0 aromatic rings. The summed E-state index contributed by atoms with van der Waals surface area (Å²) < 4.78 is 0. The van der Waals surface area contributed by atoms with Crippen LogP contribution in [0.25, 0.3) is 0 Å². The smallest absolute Gasteiger partial charge is 0.0389 e. The van der Waals surface area contributed by atoms with Gasteiger partial charge in [-0.25, -0.2) is 0 Å². The minimum absolute atomic E-state index is 0.556. The summed E-state index contributed by atoms with van der Waals surface area (Å²) in [4.78, 5) is 10.0. The molecule has 0 heterocycles. The van der Waals surface area contributed by atoms with Crippen molar-refractivity contribution in [3.63, 3.8) is 0 Å². The second kappa shape index (κ2) is 17.8. The molecule has 0 fully saturated rings. The van der Waals surface area contributed by atoms with Crippen molar-refractivity contribution >= 4 is 11.4 Å². The molecule has 0 radical (unpaired) electrons. The fourth-order valence-corrected chi connectivity index (χ4v) is 4.29. The molecule has 0 aliphatic rings. The van der Waals surface area contributed by atoms with Gasteiger partial charge in [-0.3, -0.25) is 9.98 Å². The van der Waals surface area contributed by atoms with Crippen LogP contribution < -0.4 is 5.32 Å². The first-order valence-electron chi connectivity index (χ1n) is 13.6. The van der Waals surface area contributed by atoms with E-state index >= 15 is 0 Å². The lowest BCUT2D eigenvalue weighted by Gasteiger charge is -2.21. The van der Waals surface area contributed by atoms with Crippen LogP contribution >= 0.6 is 0 Å². The molecule has 0 aliphatic heterocycles. The highest BCUT2D eigenvalue weighted by Crippen LogP contribution is 2.17. The van der Waals surface area contributed by atoms with Gasteiger partial charge in [0.2, 0.25) is 0 Å². The number of rotatable bonds is 18. The lowest BCUT2D eigenvalue weighted by atomic mass is 9.90. The Bertz CT molecular complexity index is 428. The quantitative estimate of drug-likeness (QED) is 0.172. The van der Waals surface area contributed by atoms with Gasteiger partial charge in [0.25, 0.3) is 0 Å². The molecule has 0 aromatic carbocycles. The van der Waals surface area contributed by atoms with Crippen molar-refractivity contribution in [3.05, 3.63) is 0 Å². The monoisotopic (exact) mass is 435 g/mol. The minimum Gasteiger partial charge on any atom is -0.312 e. The number of aliphatic imine (C=N–C) groups is 2. The zero-order valence-corrected chi connectivity index (χ0v) is 22.9. The van der Waals surface area contributed by atoms with Gasteiger partial charge >= 0.3 is 0 Å². The Morgan fingerprint density at radius 1 is 0.548 bits per heavy atom. The Hall–Kier alpha value is -0.700. The maximum Gasteiger partial charge on any atom is 0.0389 e. The van der Waals surface area contributed by atoms with E-state index in [1.807, 2.05) is 0 Å². The molecular weight excluding hydrogens is 378 g/mol. The molecule has 6 atom stereocenters. The van der Waals surface area contributed by atoms with E-state index in [4.69, 9.17) is 9.98 Å². The maximum atomic E-state index is 5.01. The van der Waals surface area contributed by atoms with E-state index in [1.165, 1.54) is 62.8 Å². The molecule has 0 spiro atoms. The van der Waals surface area contributed by atoms with Crippen molar-refractivity contribution in [1.82, 2.24) is 5.32 Å². The molecular formula is C28H57N3. The summed E-state index contributed by atoms with van der Waals surface area (Å²) in [5.41, 5.74) is 2.88. The molecule has 6 unspecified atom stereocenters. The van der Waals surface area contributed by atoms with Crippen molar-refractivity contribution < 1.29 is 0 Å². The molecule has 0 bridgehead atoms. The summed E-state index contributed by atoms with van der Waals surface area (Å²) in [5, 5.41) is 3.79. The molecule has 1 N–H and O–H groups in total. The van der Waals surface area contributed by atoms with Gasteiger partial charge < -0.3 is 5.32 Å². The van der Waals surface area contributed by atoms with Crippen LogP contribution in [-0.4, -0.2) is 36.6 Å². The number of hydrogen-bond donors (Lipinski definition) is 1. The van der Waals surface area contributed by atoms with Crippen molar-refractivity contribution in [3.8, 4) is 0 Å². The van der Waals surface area contributed by atoms with Gasteiger partial charge in [0, 0.05) is 36.6 Å². The van der Waals surface area contributed by atoms with Gasteiger partial charge in [0.05, 0.1) is 0 Å². The fraction of sp³-hybridized carbons (Fsp3) is 0.929. The van der Waals surface area contributed by atoms with Crippen molar-refractivity contribution in [2.45, 2.75) is 133 Å². The van der Waals surface area contributed by atoms with E-state index in [2.05, 4.69) is 74.6 Å². The highest BCUT2D eigenvalue weighted by Gasteiger charge is 2.16. The Kier molecular flexibility index (Phi) is 17.4. The first-order chi connectivity index (χ1) is 14.7. The third kappa shape index (κ3) is 12.8. The van der Waals surface area contributed by atoms with Gasteiger partial charge in [0.15, 0.2) is 0 Å². The van der Waals surface area contributed by atoms with E-state index < -0.39 is 0 Å². The predicted octanol–water partition coefficient (Wildman–Crippen LogP) is 7.98. The van der Waals surface area contributed by atoms with Gasteiger partial charge in [-0.1, -0.05) is 55.4 Å². The van der Waals surface area contributed by atoms with E-state index in [-0.39, 0.29) is 0 Å². The molecule has 0 saturated carbocycles. The topological polar surface area (TPSA) is 36.8 Å². The summed E-state index contributed by atoms with van der Waals surface area (Å²) in [7, 11) is 0. The second-order valence-corrected chi connectivity index (χ2v) is 10.1. The van der Waals surface area contributed by atoms with E-state index in [0.717, 1.165) is 13.1 Å². The van der Waals surface area contributed by atoms with Crippen LogP contribution in [0.5, 0.6) is 0 Å². The fourth-order valence-electron chi connectivity index (χ4n) is 4.29. The number of nitrogens with zero attached hydrogens (tertiary/aromatic N) is 2. The van der Waals surface area contributed by atoms with Crippen LogP contribution in [0, 0.1) is 23.7 Å². The first-order valence-corrected chi connectivity index (χ1v) is 13.6. The van der Waals surface area contributed by atoms with Crippen molar-refractivity contribution in [2.24, 2.45) is 33.7 Å². The minimum atomic E-state index is 0.556. The zero-order chi connectivity index (χ0) is 23.8. The van der Waals surface area contributed by atoms with E-state index in [9.17, 15) is 0 Å². The summed E-state index contributed by atoms with van der Waals surface area (Å²) in [6.45, 7) is 25.0. The SMILES string of the molecule is CCC(C)C(=NCCCC(C)NC(C)CCCN=C(C(C)CC)C(C)CC)C(C)CC. The molecule has 3 nitrogen and oxygen atoms in total. The molecule has 0 aromatic heterocycles. The Morgan fingerprint density at radius 3 is 1.10 bits per heavy atom. The Morgan fingerprint density at radius 2 is 0.839 bits per heavy atom.